The molecule has 0 heterocycles. The maximum Gasteiger partial charge on any atom is 0.340 e. The number of nitrogens with one attached hydrogen (secondary N) is 1. The molecule has 0 radical (unpaired) electrons. The first-order valence-electron chi connectivity index (χ1n) is 9.36. The van der Waals surface area contributed by atoms with Crippen molar-refractivity contribution in [1.29, 1.82) is 0 Å². The van der Waals surface area contributed by atoms with Crippen LogP contribution in [0.4, 0.5) is 5.69 Å². The number of nitrogens with zero attached hydrogens (tertiary/aromatic N) is 1. The SMILES string of the molecule is CCOC(=O)c1ccccc1N(CCNC(=O)C1CCCCC1)C(C)=O. The average molecular weight is 360 g/mol. The number of benzene rings is 1. The molecule has 6 heteroatoms. The number of ether oxygens (including phenoxy) is 1. The van der Waals surface area contributed by atoms with Crippen LogP contribution in [0.15, 0.2) is 24.3 Å². The highest BCUT2D eigenvalue weighted by molar-refractivity contribution is 6.02. The third-order valence-electron chi connectivity index (χ3n) is 4.68. The Morgan fingerprint density at radius 1 is 1.15 bits per heavy atom. The molecule has 1 aromatic rings. The Kier molecular flexibility index (Phi) is 7.63. The molecule has 2 rings (SSSR count). The predicted octanol–water partition coefficient (Wildman–Crippen LogP) is 2.91. The highest BCUT2D eigenvalue weighted by Gasteiger charge is 2.22. The Labute approximate surface area is 154 Å². The van der Waals surface area contributed by atoms with Gasteiger partial charge in [0.1, 0.15) is 0 Å². The van der Waals surface area contributed by atoms with Crippen molar-refractivity contribution in [3.8, 4) is 0 Å². The summed E-state index contributed by atoms with van der Waals surface area (Å²) in [6.07, 6.45) is 5.28. The minimum atomic E-state index is -0.458. The maximum atomic E-state index is 12.3. The molecule has 0 atom stereocenters. The molecule has 1 aromatic carbocycles. The fourth-order valence-corrected chi connectivity index (χ4v) is 3.34. The van der Waals surface area contributed by atoms with E-state index >= 15 is 0 Å². The van der Waals surface area contributed by atoms with Crippen molar-refractivity contribution in [2.75, 3.05) is 24.6 Å². The van der Waals surface area contributed by atoms with Gasteiger partial charge in [0.15, 0.2) is 0 Å². The van der Waals surface area contributed by atoms with Crippen LogP contribution in [0.5, 0.6) is 0 Å². The lowest BCUT2D eigenvalue weighted by molar-refractivity contribution is -0.126. The van der Waals surface area contributed by atoms with E-state index in [-0.39, 0.29) is 24.3 Å². The van der Waals surface area contributed by atoms with Gasteiger partial charge in [0.2, 0.25) is 11.8 Å². The molecule has 6 nitrogen and oxygen atoms in total. The van der Waals surface area contributed by atoms with E-state index in [0.717, 1.165) is 25.7 Å². The molecule has 26 heavy (non-hydrogen) atoms. The largest absolute Gasteiger partial charge is 0.462 e. The molecule has 1 saturated carbocycles. The quantitative estimate of drug-likeness (QED) is 0.759. The van der Waals surface area contributed by atoms with Gasteiger partial charge in [-0.2, -0.15) is 0 Å². The molecule has 0 spiro atoms. The van der Waals surface area contributed by atoms with E-state index in [1.54, 1.807) is 31.2 Å². The molecule has 1 aliphatic rings. The maximum absolute atomic E-state index is 12.3. The zero-order valence-corrected chi connectivity index (χ0v) is 15.6. The summed E-state index contributed by atoms with van der Waals surface area (Å²) in [5.41, 5.74) is 0.855. The van der Waals surface area contributed by atoms with Crippen molar-refractivity contribution in [3.63, 3.8) is 0 Å². The van der Waals surface area contributed by atoms with Gasteiger partial charge in [-0.15, -0.1) is 0 Å². The normalized spacial score (nSPS) is 14.5. The zero-order valence-electron chi connectivity index (χ0n) is 15.6. The number of hydrogen-bond acceptors (Lipinski definition) is 4. The number of esters is 1. The highest BCUT2D eigenvalue weighted by atomic mass is 16.5. The van der Waals surface area contributed by atoms with Crippen molar-refractivity contribution in [3.05, 3.63) is 29.8 Å². The number of carbonyl (C=O) groups excluding carboxylic acids is 3. The molecule has 1 aliphatic carbocycles. The predicted molar refractivity (Wildman–Crippen MR) is 100 cm³/mol. The second kappa shape index (κ2) is 9.94. The number of para-hydroxylation sites is 1. The fourth-order valence-electron chi connectivity index (χ4n) is 3.34. The number of anilines is 1. The van der Waals surface area contributed by atoms with Crippen LogP contribution in [-0.4, -0.2) is 37.5 Å². The molecule has 0 bridgehead atoms. The second-order valence-corrected chi connectivity index (χ2v) is 6.53. The van der Waals surface area contributed by atoms with Crippen molar-refractivity contribution >= 4 is 23.5 Å². The summed E-state index contributed by atoms with van der Waals surface area (Å²) in [5.74, 6) is -0.498. The Bertz CT molecular complexity index is 638. The summed E-state index contributed by atoms with van der Waals surface area (Å²) < 4.78 is 5.07. The van der Waals surface area contributed by atoms with Crippen LogP contribution < -0.4 is 10.2 Å². The average Bonchev–Trinajstić information content (AvgIpc) is 2.65. The summed E-state index contributed by atoms with van der Waals surface area (Å²) in [6.45, 7) is 4.12. The summed E-state index contributed by atoms with van der Waals surface area (Å²) in [4.78, 5) is 38.0. The monoisotopic (exact) mass is 360 g/mol. The molecular weight excluding hydrogens is 332 g/mol. The second-order valence-electron chi connectivity index (χ2n) is 6.53. The molecule has 1 fully saturated rings. The fraction of sp³-hybridized carbons (Fsp3) is 0.550. The van der Waals surface area contributed by atoms with Crippen LogP contribution in [0.1, 0.15) is 56.3 Å². The standard InChI is InChI=1S/C20H28N2O4/c1-3-26-20(25)17-11-7-8-12-18(17)22(15(2)23)14-13-21-19(24)16-9-5-4-6-10-16/h7-8,11-12,16H,3-6,9-10,13-14H2,1-2H3,(H,21,24). The third kappa shape index (κ3) is 5.31. The molecule has 2 amide bonds. The summed E-state index contributed by atoms with van der Waals surface area (Å²) in [5, 5.41) is 2.93. The van der Waals surface area contributed by atoms with Crippen LogP contribution in [-0.2, 0) is 14.3 Å². The van der Waals surface area contributed by atoms with Gasteiger partial charge in [-0.05, 0) is 31.9 Å². The minimum Gasteiger partial charge on any atom is -0.462 e. The first-order chi connectivity index (χ1) is 12.5. The van der Waals surface area contributed by atoms with E-state index < -0.39 is 5.97 Å². The van der Waals surface area contributed by atoms with Crippen LogP contribution in [0.2, 0.25) is 0 Å². The Morgan fingerprint density at radius 2 is 1.85 bits per heavy atom. The number of rotatable bonds is 7. The smallest absolute Gasteiger partial charge is 0.340 e. The van der Waals surface area contributed by atoms with E-state index in [2.05, 4.69) is 5.32 Å². The Hall–Kier alpha value is -2.37. The molecule has 0 saturated heterocycles. The van der Waals surface area contributed by atoms with E-state index in [1.165, 1.54) is 18.2 Å². The first kappa shape index (κ1) is 19.9. The Morgan fingerprint density at radius 3 is 2.50 bits per heavy atom. The number of carbonyl (C=O) groups is 3. The summed E-state index contributed by atoms with van der Waals surface area (Å²) in [7, 11) is 0. The first-order valence-corrected chi connectivity index (χ1v) is 9.36. The number of hydrogen-bond donors (Lipinski definition) is 1. The van der Waals surface area contributed by atoms with E-state index in [1.807, 2.05) is 0 Å². The highest BCUT2D eigenvalue weighted by Crippen LogP contribution is 2.24. The van der Waals surface area contributed by atoms with Gasteiger partial charge in [0.25, 0.3) is 0 Å². The van der Waals surface area contributed by atoms with E-state index in [0.29, 0.717) is 24.3 Å². The van der Waals surface area contributed by atoms with Crippen molar-refractivity contribution in [1.82, 2.24) is 5.32 Å². The lowest BCUT2D eigenvalue weighted by Crippen LogP contribution is -2.40. The molecule has 0 aliphatic heterocycles. The zero-order chi connectivity index (χ0) is 18.9. The summed E-state index contributed by atoms with van der Waals surface area (Å²) in [6, 6.07) is 6.87. The Balaban J connectivity index is 2.02. The van der Waals surface area contributed by atoms with Crippen molar-refractivity contribution < 1.29 is 19.1 Å². The minimum absolute atomic E-state index is 0.0619. The summed E-state index contributed by atoms with van der Waals surface area (Å²) >= 11 is 0. The molecule has 0 unspecified atom stereocenters. The van der Waals surface area contributed by atoms with Crippen LogP contribution >= 0.6 is 0 Å². The lowest BCUT2D eigenvalue weighted by Gasteiger charge is -2.25. The van der Waals surface area contributed by atoms with Crippen molar-refractivity contribution in [2.24, 2.45) is 5.92 Å². The third-order valence-corrected chi connectivity index (χ3v) is 4.68. The van der Waals surface area contributed by atoms with Gasteiger partial charge in [-0.3, -0.25) is 9.59 Å². The molecule has 0 aromatic heterocycles. The van der Waals surface area contributed by atoms with E-state index in [9.17, 15) is 14.4 Å². The molecule has 1 N–H and O–H groups in total. The topological polar surface area (TPSA) is 75.7 Å². The molecular formula is C20H28N2O4. The van der Waals surface area contributed by atoms with Crippen LogP contribution in [0, 0.1) is 5.92 Å². The number of amides is 2. The molecule has 142 valence electrons. The van der Waals surface area contributed by atoms with Gasteiger partial charge >= 0.3 is 5.97 Å². The van der Waals surface area contributed by atoms with Crippen molar-refractivity contribution in [2.45, 2.75) is 46.0 Å². The van der Waals surface area contributed by atoms with Gasteiger partial charge in [-0.25, -0.2) is 4.79 Å². The van der Waals surface area contributed by atoms with E-state index in [4.69, 9.17) is 4.74 Å². The van der Waals surface area contributed by atoms with Gasteiger partial charge in [-0.1, -0.05) is 31.4 Å². The lowest BCUT2D eigenvalue weighted by atomic mass is 9.89. The van der Waals surface area contributed by atoms with Gasteiger partial charge in [0.05, 0.1) is 17.9 Å². The van der Waals surface area contributed by atoms with Crippen LogP contribution in [0.25, 0.3) is 0 Å². The van der Waals surface area contributed by atoms with Gasteiger partial charge < -0.3 is 15.0 Å². The van der Waals surface area contributed by atoms with Gasteiger partial charge in [0, 0.05) is 25.9 Å². The van der Waals surface area contributed by atoms with Crippen LogP contribution in [0.3, 0.4) is 0 Å².